The fraction of sp³-hybridized carbons (Fsp3) is 0.700. The summed E-state index contributed by atoms with van der Waals surface area (Å²) in [6.07, 6.45) is 7.79. The van der Waals surface area contributed by atoms with Crippen molar-refractivity contribution in [1.29, 1.82) is 0 Å². The van der Waals surface area contributed by atoms with Gasteiger partial charge in [0, 0.05) is 25.7 Å². The number of hydrogen-bond donors (Lipinski definition) is 2. The maximum Gasteiger partial charge on any atom is 0.125 e. The van der Waals surface area contributed by atoms with Crippen LogP contribution in [0, 0.1) is 17.2 Å². The molecule has 3 N–H and O–H groups in total. The van der Waals surface area contributed by atoms with Crippen molar-refractivity contribution in [3.63, 3.8) is 0 Å². The van der Waals surface area contributed by atoms with Crippen LogP contribution in [0.3, 0.4) is 0 Å². The zero-order chi connectivity index (χ0) is 17.2. The maximum atomic E-state index is 13.1. The van der Waals surface area contributed by atoms with Gasteiger partial charge in [-0.25, -0.2) is 4.39 Å². The SMILES string of the molecule is CC1(C)CCC(CN2CCC(Nc3ccc(F)cc3N)CC2)CC1. The van der Waals surface area contributed by atoms with Gasteiger partial charge in [0.2, 0.25) is 0 Å². The minimum absolute atomic E-state index is 0.275. The van der Waals surface area contributed by atoms with E-state index in [1.165, 1.54) is 44.4 Å². The Morgan fingerprint density at radius 3 is 2.46 bits per heavy atom. The Labute approximate surface area is 145 Å². The van der Waals surface area contributed by atoms with Crippen LogP contribution in [0.5, 0.6) is 0 Å². The molecule has 1 saturated heterocycles. The monoisotopic (exact) mass is 333 g/mol. The molecule has 2 fully saturated rings. The zero-order valence-corrected chi connectivity index (χ0v) is 15.2. The Morgan fingerprint density at radius 2 is 1.83 bits per heavy atom. The summed E-state index contributed by atoms with van der Waals surface area (Å²) in [6.45, 7) is 8.38. The van der Waals surface area contributed by atoms with Gasteiger partial charge >= 0.3 is 0 Å². The molecule has 0 bridgehead atoms. The topological polar surface area (TPSA) is 41.3 Å². The number of piperidine rings is 1. The number of nitrogen functional groups attached to an aromatic ring is 1. The van der Waals surface area contributed by atoms with Crippen LogP contribution >= 0.6 is 0 Å². The second-order valence-corrected chi connectivity index (χ2v) is 8.56. The van der Waals surface area contributed by atoms with Crippen LogP contribution < -0.4 is 11.1 Å². The molecule has 4 heteroatoms. The summed E-state index contributed by atoms with van der Waals surface area (Å²) in [6, 6.07) is 5.06. The van der Waals surface area contributed by atoms with Crippen molar-refractivity contribution in [3.8, 4) is 0 Å². The molecule has 0 aromatic heterocycles. The van der Waals surface area contributed by atoms with Gasteiger partial charge < -0.3 is 16.0 Å². The molecule has 1 aromatic rings. The molecule has 1 saturated carbocycles. The van der Waals surface area contributed by atoms with Gasteiger partial charge in [0.15, 0.2) is 0 Å². The average molecular weight is 333 g/mol. The lowest BCUT2D eigenvalue weighted by molar-refractivity contribution is 0.129. The second-order valence-electron chi connectivity index (χ2n) is 8.56. The Morgan fingerprint density at radius 1 is 1.17 bits per heavy atom. The lowest BCUT2D eigenvalue weighted by Gasteiger charge is -2.39. The smallest absolute Gasteiger partial charge is 0.125 e. The van der Waals surface area contributed by atoms with Crippen LogP contribution in [0.2, 0.25) is 0 Å². The van der Waals surface area contributed by atoms with E-state index >= 15 is 0 Å². The van der Waals surface area contributed by atoms with E-state index in [1.807, 2.05) is 0 Å². The number of halogens is 1. The first-order valence-electron chi connectivity index (χ1n) is 9.45. The molecule has 2 aliphatic rings. The fourth-order valence-electron chi connectivity index (χ4n) is 4.15. The molecular weight excluding hydrogens is 301 g/mol. The lowest BCUT2D eigenvalue weighted by atomic mass is 9.73. The molecule has 3 rings (SSSR count). The van der Waals surface area contributed by atoms with Crippen LogP contribution in [0.25, 0.3) is 0 Å². The van der Waals surface area contributed by atoms with E-state index in [0.717, 1.165) is 37.5 Å². The van der Waals surface area contributed by atoms with E-state index in [2.05, 4.69) is 24.1 Å². The van der Waals surface area contributed by atoms with Crippen molar-refractivity contribution in [2.75, 3.05) is 30.7 Å². The third kappa shape index (κ3) is 4.62. The molecule has 134 valence electrons. The molecule has 0 atom stereocenters. The maximum absolute atomic E-state index is 13.1. The van der Waals surface area contributed by atoms with Crippen LogP contribution in [-0.4, -0.2) is 30.6 Å². The summed E-state index contributed by atoms with van der Waals surface area (Å²) in [4.78, 5) is 2.63. The fourth-order valence-corrected chi connectivity index (χ4v) is 4.15. The van der Waals surface area contributed by atoms with Gasteiger partial charge in [0.1, 0.15) is 5.82 Å². The van der Waals surface area contributed by atoms with Crippen molar-refractivity contribution >= 4 is 11.4 Å². The molecule has 0 radical (unpaired) electrons. The third-order valence-electron chi connectivity index (χ3n) is 5.94. The number of rotatable bonds is 4. The highest BCUT2D eigenvalue weighted by atomic mass is 19.1. The van der Waals surface area contributed by atoms with E-state index in [-0.39, 0.29) is 5.82 Å². The third-order valence-corrected chi connectivity index (χ3v) is 5.94. The van der Waals surface area contributed by atoms with Crippen molar-refractivity contribution in [2.45, 2.75) is 58.4 Å². The molecule has 1 aromatic carbocycles. The number of hydrogen-bond acceptors (Lipinski definition) is 3. The number of likely N-dealkylation sites (tertiary alicyclic amines) is 1. The Hall–Kier alpha value is -1.29. The number of nitrogens with two attached hydrogens (primary N) is 1. The van der Waals surface area contributed by atoms with Crippen LogP contribution in [0.4, 0.5) is 15.8 Å². The van der Waals surface area contributed by atoms with Crippen molar-refractivity contribution in [1.82, 2.24) is 4.90 Å². The summed E-state index contributed by atoms with van der Waals surface area (Å²) in [5.41, 5.74) is 7.82. The summed E-state index contributed by atoms with van der Waals surface area (Å²) in [7, 11) is 0. The first kappa shape index (κ1) is 17.5. The van der Waals surface area contributed by atoms with Gasteiger partial charge in [0.05, 0.1) is 11.4 Å². The van der Waals surface area contributed by atoms with Crippen molar-refractivity contribution in [2.24, 2.45) is 11.3 Å². The molecule has 0 spiro atoms. The quantitative estimate of drug-likeness (QED) is 0.797. The summed E-state index contributed by atoms with van der Waals surface area (Å²) < 4.78 is 13.1. The van der Waals surface area contributed by atoms with E-state index in [1.54, 1.807) is 6.07 Å². The van der Waals surface area contributed by atoms with E-state index in [9.17, 15) is 4.39 Å². The number of anilines is 2. The van der Waals surface area contributed by atoms with Crippen LogP contribution in [0.1, 0.15) is 52.4 Å². The van der Waals surface area contributed by atoms with Gasteiger partial charge in [-0.2, -0.15) is 0 Å². The molecule has 1 heterocycles. The molecular formula is C20H32FN3. The molecule has 24 heavy (non-hydrogen) atoms. The first-order valence-corrected chi connectivity index (χ1v) is 9.45. The van der Waals surface area contributed by atoms with E-state index < -0.39 is 0 Å². The zero-order valence-electron chi connectivity index (χ0n) is 15.2. The van der Waals surface area contributed by atoms with Gasteiger partial charge in [0.25, 0.3) is 0 Å². The average Bonchev–Trinajstić information content (AvgIpc) is 2.54. The number of nitrogens with zero attached hydrogens (tertiary/aromatic N) is 1. The summed E-state index contributed by atoms with van der Waals surface area (Å²) in [5, 5.41) is 3.49. The molecule has 1 aliphatic carbocycles. The Kier molecular flexibility index (Phi) is 5.33. The van der Waals surface area contributed by atoms with E-state index in [4.69, 9.17) is 5.73 Å². The molecule has 3 nitrogen and oxygen atoms in total. The Balaban J connectivity index is 1.43. The highest BCUT2D eigenvalue weighted by molar-refractivity contribution is 5.66. The van der Waals surface area contributed by atoms with Gasteiger partial charge in [-0.3, -0.25) is 0 Å². The van der Waals surface area contributed by atoms with Gasteiger partial charge in [-0.15, -0.1) is 0 Å². The second kappa shape index (κ2) is 7.30. The highest BCUT2D eigenvalue weighted by Crippen LogP contribution is 2.38. The Bertz CT molecular complexity index is 540. The van der Waals surface area contributed by atoms with E-state index in [0.29, 0.717) is 17.1 Å². The summed E-state index contributed by atoms with van der Waals surface area (Å²) in [5.74, 6) is 0.610. The minimum Gasteiger partial charge on any atom is -0.397 e. The number of benzene rings is 1. The minimum atomic E-state index is -0.275. The molecule has 0 unspecified atom stereocenters. The van der Waals surface area contributed by atoms with Crippen molar-refractivity contribution in [3.05, 3.63) is 24.0 Å². The normalized spacial score (nSPS) is 23.3. The predicted molar refractivity (Wildman–Crippen MR) is 99.6 cm³/mol. The molecule has 1 aliphatic heterocycles. The molecule has 0 amide bonds. The van der Waals surface area contributed by atoms with Crippen molar-refractivity contribution < 1.29 is 4.39 Å². The standard InChI is InChI=1S/C20H32FN3/c1-20(2)9-5-15(6-10-20)14-24-11-7-17(8-12-24)23-19-4-3-16(21)13-18(19)22/h3-4,13,15,17,23H,5-12,14,22H2,1-2H3. The predicted octanol–water partition coefficient (Wildman–Crippen LogP) is 4.50. The first-order chi connectivity index (χ1) is 11.4. The van der Waals surface area contributed by atoms with Gasteiger partial charge in [-0.1, -0.05) is 13.8 Å². The highest BCUT2D eigenvalue weighted by Gasteiger charge is 2.29. The summed E-state index contributed by atoms with van der Waals surface area (Å²) >= 11 is 0. The van der Waals surface area contributed by atoms with Crippen LogP contribution in [0.15, 0.2) is 18.2 Å². The van der Waals surface area contributed by atoms with Crippen LogP contribution in [-0.2, 0) is 0 Å². The lowest BCUT2D eigenvalue weighted by Crippen LogP contribution is -2.42. The number of nitrogens with one attached hydrogen (secondary N) is 1. The largest absolute Gasteiger partial charge is 0.397 e. The van der Waals surface area contributed by atoms with Gasteiger partial charge in [-0.05, 0) is 68.1 Å².